The predicted molar refractivity (Wildman–Crippen MR) is 184 cm³/mol. The minimum Gasteiger partial charge on any atom is -0.350 e. The topological polar surface area (TPSA) is 57.6 Å². The lowest BCUT2D eigenvalue weighted by Gasteiger charge is -2.29. The van der Waals surface area contributed by atoms with Crippen molar-refractivity contribution in [3.05, 3.63) is 106 Å². The minimum atomic E-state index is -0.0600. The number of rotatable bonds is 8. The van der Waals surface area contributed by atoms with Crippen molar-refractivity contribution in [2.24, 2.45) is 5.92 Å². The van der Waals surface area contributed by atoms with E-state index in [0.717, 1.165) is 56.7 Å². The lowest BCUT2D eigenvalue weighted by Crippen LogP contribution is -2.37. The molecule has 0 aliphatic carbocycles. The summed E-state index contributed by atoms with van der Waals surface area (Å²) in [4.78, 5) is 32.4. The van der Waals surface area contributed by atoms with Crippen molar-refractivity contribution in [1.82, 2.24) is 19.7 Å². The van der Waals surface area contributed by atoms with E-state index in [2.05, 4.69) is 92.4 Å². The number of benzene rings is 4. The number of carbonyl (C=O) groups excluding carboxylic acids is 2. The van der Waals surface area contributed by atoms with Gasteiger partial charge in [0, 0.05) is 52.4 Å². The van der Waals surface area contributed by atoms with E-state index in [0.29, 0.717) is 30.3 Å². The number of hydrogen-bond donors (Lipinski definition) is 1. The summed E-state index contributed by atoms with van der Waals surface area (Å²) in [5, 5.41) is 6.67. The predicted octanol–water partition coefficient (Wildman–Crippen LogP) is 7.53. The van der Waals surface area contributed by atoms with Gasteiger partial charge in [-0.05, 0) is 97.7 Å². The number of nitrogens with one attached hydrogen (secondary N) is 1. The molecular formula is C36H37BrN4O2S. The van der Waals surface area contributed by atoms with Crippen LogP contribution < -0.4 is 5.32 Å². The number of hydrogen-bond acceptors (Lipinski definition) is 4. The Balaban J connectivity index is 1.33. The first-order valence-corrected chi connectivity index (χ1v) is 16.6. The van der Waals surface area contributed by atoms with Gasteiger partial charge in [0.2, 0.25) is 0 Å². The molecule has 6 nitrogen and oxygen atoms in total. The fraction of sp³-hybridized carbons (Fsp3) is 0.278. The van der Waals surface area contributed by atoms with E-state index in [1.807, 2.05) is 30.3 Å². The van der Waals surface area contributed by atoms with E-state index in [4.69, 9.17) is 0 Å². The molecule has 0 spiro atoms. The largest absolute Gasteiger partial charge is 0.350 e. The molecule has 0 saturated carbocycles. The number of fused-ring (bicyclic) bond motifs is 2. The van der Waals surface area contributed by atoms with Crippen LogP contribution in [-0.4, -0.2) is 67.0 Å². The molecule has 1 aliphatic heterocycles. The molecule has 0 radical (unpaired) electrons. The first-order valence-electron chi connectivity index (χ1n) is 15.0. The highest BCUT2D eigenvalue weighted by atomic mass is 79.9. The molecule has 226 valence electrons. The fourth-order valence-corrected chi connectivity index (χ4v) is 7.52. The molecular weight excluding hydrogens is 632 g/mol. The second-order valence-corrected chi connectivity index (χ2v) is 13.9. The van der Waals surface area contributed by atoms with E-state index in [1.165, 1.54) is 10.8 Å². The van der Waals surface area contributed by atoms with Gasteiger partial charge in [-0.15, -0.1) is 0 Å². The highest BCUT2D eigenvalue weighted by molar-refractivity contribution is 9.10. The summed E-state index contributed by atoms with van der Waals surface area (Å²) >= 11 is 5.54. The molecule has 5 aromatic rings. The first-order chi connectivity index (χ1) is 21.2. The summed E-state index contributed by atoms with van der Waals surface area (Å²) in [5.74, 6) is 0.401. The molecule has 2 amide bonds. The van der Waals surface area contributed by atoms with Gasteiger partial charge in [-0.2, -0.15) is 0 Å². The van der Waals surface area contributed by atoms with Crippen LogP contribution in [0.3, 0.4) is 0 Å². The highest BCUT2D eigenvalue weighted by Crippen LogP contribution is 2.37. The lowest BCUT2D eigenvalue weighted by molar-refractivity contribution is 0.0827. The van der Waals surface area contributed by atoms with Crippen molar-refractivity contribution in [2.75, 3.05) is 40.8 Å². The van der Waals surface area contributed by atoms with Crippen LogP contribution in [0.5, 0.6) is 0 Å². The van der Waals surface area contributed by atoms with Gasteiger partial charge in [0.1, 0.15) is 5.69 Å². The zero-order valence-electron chi connectivity index (χ0n) is 25.3. The summed E-state index contributed by atoms with van der Waals surface area (Å²) in [7, 11) is 5.66. The molecule has 1 saturated heterocycles. The molecule has 0 bridgehead atoms. The summed E-state index contributed by atoms with van der Waals surface area (Å²) in [6, 6.07) is 28.9. The number of halogens is 1. The van der Waals surface area contributed by atoms with Crippen LogP contribution in [0.1, 0.15) is 39.3 Å². The first kappa shape index (κ1) is 30.4. The van der Waals surface area contributed by atoms with Crippen molar-refractivity contribution in [3.63, 3.8) is 0 Å². The average molecular weight is 670 g/mol. The Morgan fingerprint density at radius 2 is 1.64 bits per heavy atom. The van der Waals surface area contributed by atoms with Gasteiger partial charge in [0.05, 0.1) is 5.52 Å². The van der Waals surface area contributed by atoms with Crippen LogP contribution in [0.25, 0.3) is 21.7 Å². The minimum absolute atomic E-state index is 0.0313. The molecule has 2 heterocycles. The van der Waals surface area contributed by atoms with E-state index >= 15 is 0 Å². The smallest absolute Gasteiger partial charge is 0.267 e. The van der Waals surface area contributed by atoms with Crippen LogP contribution in [0.4, 0.5) is 0 Å². The molecule has 1 fully saturated rings. The summed E-state index contributed by atoms with van der Waals surface area (Å²) < 4.78 is 3.06. The van der Waals surface area contributed by atoms with Crippen molar-refractivity contribution in [2.45, 2.75) is 29.2 Å². The molecule has 44 heavy (non-hydrogen) atoms. The maximum atomic E-state index is 13.7. The van der Waals surface area contributed by atoms with Gasteiger partial charge in [-0.1, -0.05) is 70.2 Å². The molecule has 0 atom stereocenters. The molecule has 8 heteroatoms. The van der Waals surface area contributed by atoms with Crippen LogP contribution in [0.2, 0.25) is 0 Å². The second-order valence-electron chi connectivity index (χ2n) is 11.9. The van der Waals surface area contributed by atoms with E-state index in [1.54, 1.807) is 30.8 Å². The zero-order chi connectivity index (χ0) is 30.8. The zero-order valence-corrected chi connectivity index (χ0v) is 27.7. The van der Waals surface area contributed by atoms with Gasteiger partial charge in [-0.25, -0.2) is 0 Å². The molecule has 4 aromatic carbocycles. The van der Waals surface area contributed by atoms with Crippen LogP contribution in [0, 0.1) is 5.92 Å². The third-order valence-corrected chi connectivity index (χ3v) is 10.1. The molecule has 1 aromatic heterocycles. The average Bonchev–Trinajstić information content (AvgIpc) is 3.39. The third-order valence-electron chi connectivity index (χ3n) is 8.47. The van der Waals surface area contributed by atoms with Gasteiger partial charge in [-0.3, -0.25) is 9.59 Å². The Labute approximate surface area is 271 Å². The summed E-state index contributed by atoms with van der Waals surface area (Å²) in [5.41, 5.74) is 3.28. The molecule has 6 rings (SSSR count). The van der Waals surface area contributed by atoms with Gasteiger partial charge >= 0.3 is 0 Å². The normalized spacial score (nSPS) is 14.3. The standard InChI is InChI=1S/C36H37BrN4O2S/c1-39(2)36(43)27-10-8-25(9-11-27)23-41-33-20-30(44-29-13-12-26-6-4-5-7-28(26)18-29)19-32(37)31(33)21-34(41)35(42)38-22-24-14-16-40(3)17-15-24/h4-13,18-21,24H,14-17,22-23H2,1-3H3,(H,38,42). The Morgan fingerprint density at radius 3 is 2.36 bits per heavy atom. The number of carbonyl (C=O) groups is 2. The van der Waals surface area contributed by atoms with Crippen LogP contribution >= 0.6 is 27.7 Å². The third kappa shape index (κ3) is 6.72. The number of amides is 2. The van der Waals surface area contributed by atoms with Crippen molar-refractivity contribution >= 4 is 61.2 Å². The number of nitrogens with zero attached hydrogens (tertiary/aromatic N) is 3. The van der Waals surface area contributed by atoms with Crippen LogP contribution in [0.15, 0.2) is 99.2 Å². The Hall–Kier alpha value is -3.59. The number of likely N-dealkylation sites (tertiary alicyclic amines) is 1. The summed E-state index contributed by atoms with van der Waals surface area (Å²) in [6.07, 6.45) is 2.19. The molecule has 0 unspecified atom stereocenters. The second kappa shape index (κ2) is 13.2. The van der Waals surface area contributed by atoms with Crippen molar-refractivity contribution < 1.29 is 9.59 Å². The van der Waals surface area contributed by atoms with Gasteiger partial charge in [0.15, 0.2) is 0 Å². The van der Waals surface area contributed by atoms with Crippen LogP contribution in [-0.2, 0) is 6.54 Å². The number of aromatic nitrogens is 1. The van der Waals surface area contributed by atoms with Gasteiger partial charge < -0.3 is 19.7 Å². The maximum absolute atomic E-state index is 13.7. The number of piperidine rings is 1. The van der Waals surface area contributed by atoms with Crippen molar-refractivity contribution in [1.29, 1.82) is 0 Å². The molecule has 1 N–H and O–H groups in total. The monoisotopic (exact) mass is 668 g/mol. The Morgan fingerprint density at radius 1 is 0.909 bits per heavy atom. The molecule has 1 aliphatic rings. The quantitative estimate of drug-likeness (QED) is 0.186. The highest BCUT2D eigenvalue weighted by Gasteiger charge is 2.22. The Bertz CT molecular complexity index is 1820. The van der Waals surface area contributed by atoms with E-state index < -0.39 is 0 Å². The van der Waals surface area contributed by atoms with E-state index in [-0.39, 0.29) is 11.8 Å². The van der Waals surface area contributed by atoms with Gasteiger partial charge in [0.25, 0.3) is 11.8 Å². The SMILES string of the molecule is CN1CCC(CNC(=O)c2cc3c(Br)cc(Sc4ccc5ccccc5c4)cc3n2Cc2ccc(C(=O)N(C)C)cc2)CC1. The fourth-order valence-electron chi connectivity index (χ4n) is 5.86. The maximum Gasteiger partial charge on any atom is 0.267 e. The van der Waals surface area contributed by atoms with E-state index in [9.17, 15) is 9.59 Å². The Kier molecular flexibility index (Phi) is 9.12. The summed E-state index contributed by atoms with van der Waals surface area (Å²) in [6.45, 7) is 3.32. The lowest BCUT2D eigenvalue weighted by atomic mass is 9.97. The van der Waals surface area contributed by atoms with Crippen molar-refractivity contribution in [3.8, 4) is 0 Å².